The van der Waals surface area contributed by atoms with Crippen molar-refractivity contribution in [2.75, 3.05) is 33.2 Å². The Kier molecular flexibility index (Phi) is 3.68. The molecule has 1 saturated heterocycles. The fraction of sp³-hybridized carbons (Fsp3) is 0.583. The van der Waals surface area contributed by atoms with Crippen LogP contribution in [-0.4, -0.2) is 58.9 Å². The average Bonchev–Trinajstić information content (AvgIpc) is 2.39. The molecule has 2 heterocycles. The molecule has 1 aliphatic rings. The molecule has 0 atom stereocenters. The maximum atomic E-state index is 12.1. The molecule has 0 aliphatic carbocycles. The van der Waals surface area contributed by atoms with E-state index in [1.54, 1.807) is 12.4 Å². The van der Waals surface area contributed by atoms with E-state index in [9.17, 15) is 4.79 Å². The van der Waals surface area contributed by atoms with E-state index < -0.39 is 0 Å². The van der Waals surface area contributed by atoms with E-state index in [1.165, 1.54) is 0 Å². The van der Waals surface area contributed by atoms with E-state index >= 15 is 0 Å². The molecule has 1 aromatic rings. The molecule has 0 radical (unpaired) electrons. The largest absolute Gasteiger partial charge is 0.333 e. The zero-order valence-electron chi connectivity index (χ0n) is 10.4. The van der Waals surface area contributed by atoms with Gasteiger partial charge in [-0.2, -0.15) is 0 Å². The van der Waals surface area contributed by atoms with Crippen LogP contribution in [0.1, 0.15) is 23.1 Å². The van der Waals surface area contributed by atoms with Crippen molar-refractivity contribution in [3.63, 3.8) is 0 Å². The lowest BCUT2D eigenvalue weighted by Gasteiger charge is -2.31. The first-order chi connectivity index (χ1) is 8.20. The maximum Gasteiger partial charge on any atom is 0.291 e. The summed E-state index contributed by atoms with van der Waals surface area (Å²) in [5.41, 5.74) is 1.06. The van der Waals surface area contributed by atoms with Crippen molar-refractivity contribution < 1.29 is 4.79 Å². The van der Waals surface area contributed by atoms with E-state index in [-0.39, 0.29) is 5.91 Å². The van der Waals surface area contributed by atoms with E-state index in [4.69, 9.17) is 0 Å². The van der Waals surface area contributed by atoms with E-state index in [0.29, 0.717) is 5.82 Å². The summed E-state index contributed by atoms with van der Waals surface area (Å²) in [6.45, 7) is 5.39. The lowest BCUT2D eigenvalue weighted by atomic mass is 10.2. The molecule has 5 nitrogen and oxygen atoms in total. The zero-order chi connectivity index (χ0) is 12.3. The van der Waals surface area contributed by atoms with Crippen LogP contribution < -0.4 is 0 Å². The fourth-order valence-electron chi connectivity index (χ4n) is 1.80. The van der Waals surface area contributed by atoms with Gasteiger partial charge in [-0.25, -0.2) is 9.97 Å². The molecule has 1 aliphatic heterocycles. The van der Waals surface area contributed by atoms with E-state index in [1.807, 2.05) is 11.8 Å². The van der Waals surface area contributed by atoms with Gasteiger partial charge in [0.1, 0.15) is 0 Å². The lowest BCUT2D eigenvalue weighted by molar-refractivity contribution is 0.0651. The number of carbonyl (C=O) groups excluding carboxylic acids is 1. The average molecular weight is 234 g/mol. The van der Waals surface area contributed by atoms with Gasteiger partial charge in [-0.1, -0.05) is 6.92 Å². The molecule has 1 amide bonds. The van der Waals surface area contributed by atoms with Crippen LogP contribution in [0.25, 0.3) is 0 Å². The van der Waals surface area contributed by atoms with Crippen molar-refractivity contribution in [3.8, 4) is 0 Å². The summed E-state index contributed by atoms with van der Waals surface area (Å²) in [5, 5.41) is 0. The highest BCUT2D eigenvalue weighted by molar-refractivity contribution is 5.90. The predicted octanol–water partition coefficient (Wildman–Crippen LogP) is 0.427. The first-order valence-corrected chi connectivity index (χ1v) is 5.99. The smallest absolute Gasteiger partial charge is 0.291 e. The molecule has 1 aromatic heterocycles. The first-order valence-electron chi connectivity index (χ1n) is 5.99. The topological polar surface area (TPSA) is 49.3 Å². The number of hydrogen-bond acceptors (Lipinski definition) is 4. The van der Waals surface area contributed by atoms with Crippen molar-refractivity contribution in [2.45, 2.75) is 13.3 Å². The summed E-state index contributed by atoms with van der Waals surface area (Å²) in [6.07, 6.45) is 4.36. The van der Waals surface area contributed by atoms with E-state index in [0.717, 1.165) is 38.2 Å². The van der Waals surface area contributed by atoms with Gasteiger partial charge in [-0.3, -0.25) is 4.79 Å². The normalized spacial score (nSPS) is 17.2. The SMILES string of the molecule is CCc1cnc(C(=O)N2CCN(C)CC2)nc1. The van der Waals surface area contributed by atoms with Gasteiger partial charge in [0.2, 0.25) is 5.82 Å². The number of aryl methyl sites for hydroxylation is 1. The molecule has 2 rings (SSSR count). The molecule has 0 bridgehead atoms. The molecule has 0 N–H and O–H groups in total. The van der Waals surface area contributed by atoms with Gasteiger partial charge in [0.15, 0.2) is 0 Å². The number of rotatable bonds is 2. The minimum absolute atomic E-state index is 0.0549. The van der Waals surface area contributed by atoms with Crippen LogP contribution in [0.3, 0.4) is 0 Å². The Morgan fingerprint density at radius 2 is 1.82 bits per heavy atom. The van der Waals surface area contributed by atoms with Crippen LogP contribution in [0.2, 0.25) is 0 Å². The third-order valence-electron chi connectivity index (χ3n) is 3.10. The summed E-state index contributed by atoms with van der Waals surface area (Å²) in [5.74, 6) is 0.257. The van der Waals surface area contributed by atoms with Crippen LogP contribution in [0, 0.1) is 0 Å². The monoisotopic (exact) mass is 234 g/mol. The number of amides is 1. The Morgan fingerprint density at radius 1 is 1.24 bits per heavy atom. The molecule has 0 unspecified atom stereocenters. The van der Waals surface area contributed by atoms with Crippen molar-refractivity contribution in [3.05, 3.63) is 23.8 Å². The van der Waals surface area contributed by atoms with Crippen molar-refractivity contribution in [1.82, 2.24) is 19.8 Å². The summed E-state index contributed by atoms with van der Waals surface area (Å²) < 4.78 is 0. The third kappa shape index (κ3) is 2.79. The standard InChI is InChI=1S/C12H18N4O/c1-3-10-8-13-11(14-9-10)12(17)16-6-4-15(2)5-7-16/h8-9H,3-7H2,1-2H3. The molecular weight excluding hydrogens is 216 g/mol. The summed E-state index contributed by atoms with van der Waals surface area (Å²) in [7, 11) is 2.06. The Balaban J connectivity index is 2.03. The number of hydrogen-bond donors (Lipinski definition) is 0. The number of likely N-dealkylation sites (N-methyl/N-ethyl adjacent to an activating group) is 1. The van der Waals surface area contributed by atoms with Crippen LogP contribution >= 0.6 is 0 Å². The predicted molar refractivity (Wildman–Crippen MR) is 64.8 cm³/mol. The van der Waals surface area contributed by atoms with Crippen molar-refractivity contribution in [1.29, 1.82) is 0 Å². The second kappa shape index (κ2) is 5.23. The summed E-state index contributed by atoms with van der Waals surface area (Å²) >= 11 is 0. The lowest BCUT2D eigenvalue weighted by Crippen LogP contribution is -2.47. The van der Waals surface area contributed by atoms with Gasteiger partial charge in [-0.15, -0.1) is 0 Å². The number of aromatic nitrogens is 2. The maximum absolute atomic E-state index is 12.1. The van der Waals surface area contributed by atoms with E-state index in [2.05, 4.69) is 21.9 Å². The Labute approximate surface area is 101 Å². The van der Waals surface area contributed by atoms with Crippen LogP contribution in [0.4, 0.5) is 0 Å². The second-order valence-corrected chi connectivity index (χ2v) is 4.36. The molecular formula is C12H18N4O. The zero-order valence-corrected chi connectivity index (χ0v) is 10.4. The fourth-order valence-corrected chi connectivity index (χ4v) is 1.80. The highest BCUT2D eigenvalue weighted by Crippen LogP contribution is 2.05. The Morgan fingerprint density at radius 3 is 2.35 bits per heavy atom. The molecule has 0 saturated carbocycles. The molecule has 0 aromatic carbocycles. The summed E-state index contributed by atoms with van der Waals surface area (Å²) in [4.78, 5) is 24.4. The van der Waals surface area contributed by atoms with Crippen LogP contribution in [0.15, 0.2) is 12.4 Å². The van der Waals surface area contributed by atoms with Crippen molar-refractivity contribution in [2.24, 2.45) is 0 Å². The first kappa shape index (κ1) is 12.0. The highest BCUT2D eigenvalue weighted by atomic mass is 16.2. The summed E-state index contributed by atoms with van der Waals surface area (Å²) in [6, 6.07) is 0. The second-order valence-electron chi connectivity index (χ2n) is 4.36. The van der Waals surface area contributed by atoms with Crippen LogP contribution in [-0.2, 0) is 6.42 Å². The van der Waals surface area contributed by atoms with Gasteiger partial charge in [0.25, 0.3) is 5.91 Å². The minimum Gasteiger partial charge on any atom is -0.333 e. The molecule has 0 spiro atoms. The van der Waals surface area contributed by atoms with Gasteiger partial charge < -0.3 is 9.80 Å². The molecule has 1 fully saturated rings. The minimum atomic E-state index is -0.0549. The quantitative estimate of drug-likeness (QED) is 0.744. The van der Waals surface area contributed by atoms with Gasteiger partial charge >= 0.3 is 0 Å². The Bertz CT molecular complexity index is 382. The molecule has 92 valence electrons. The molecule has 17 heavy (non-hydrogen) atoms. The van der Waals surface area contributed by atoms with Crippen molar-refractivity contribution >= 4 is 5.91 Å². The number of carbonyl (C=O) groups is 1. The number of piperazine rings is 1. The Hall–Kier alpha value is -1.49. The van der Waals surface area contributed by atoms with Gasteiger partial charge in [0.05, 0.1) is 0 Å². The van der Waals surface area contributed by atoms with Gasteiger partial charge in [-0.05, 0) is 19.0 Å². The van der Waals surface area contributed by atoms with Gasteiger partial charge in [0, 0.05) is 38.6 Å². The third-order valence-corrected chi connectivity index (χ3v) is 3.10. The molecule has 5 heteroatoms. The highest BCUT2D eigenvalue weighted by Gasteiger charge is 2.21. The number of nitrogens with zero attached hydrogens (tertiary/aromatic N) is 4. The van der Waals surface area contributed by atoms with Crippen LogP contribution in [0.5, 0.6) is 0 Å².